The van der Waals surface area contributed by atoms with Gasteiger partial charge in [0.2, 0.25) is 0 Å². The predicted molar refractivity (Wildman–Crippen MR) is 201 cm³/mol. The quantitative estimate of drug-likeness (QED) is 0.164. The Morgan fingerprint density at radius 3 is 2.44 bits per heavy atom. The van der Waals surface area contributed by atoms with Gasteiger partial charge in [-0.15, -0.1) is 0 Å². The number of amides is 1. The summed E-state index contributed by atoms with van der Waals surface area (Å²) < 4.78 is 2.41. The van der Waals surface area contributed by atoms with Crippen LogP contribution >= 0.6 is 0 Å². The Hall–Kier alpha value is -4.71. The molecule has 0 saturated heterocycles. The molecule has 1 saturated carbocycles. The van der Waals surface area contributed by atoms with E-state index in [1.54, 1.807) is 18.6 Å². The lowest BCUT2D eigenvalue weighted by molar-refractivity contribution is -0.140. The lowest BCUT2D eigenvalue weighted by atomic mass is 9.49. The smallest absolute Gasteiger partial charge is 0.308 e. The Labute approximate surface area is 296 Å². The van der Waals surface area contributed by atoms with Crippen LogP contribution in [0.3, 0.4) is 0 Å². The Morgan fingerprint density at radius 2 is 1.68 bits per heavy atom. The summed E-state index contributed by atoms with van der Waals surface area (Å²) in [5.41, 5.74) is 10.3. The number of fused-ring (bicyclic) bond motifs is 4. The van der Waals surface area contributed by atoms with E-state index >= 15 is 0 Å². The average molecular weight is 668 g/mol. The van der Waals surface area contributed by atoms with Crippen LogP contribution in [0, 0.1) is 17.3 Å². The second-order valence-corrected chi connectivity index (χ2v) is 15.7. The van der Waals surface area contributed by atoms with Gasteiger partial charge in [-0.2, -0.15) is 0 Å². The van der Waals surface area contributed by atoms with Crippen LogP contribution in [0.25, 0.3) is 33.5 Å². The molecule has 0 aliphatic heterocycles. The third-order valence-corrected chi connectivity index (χ3v) is 11.9. The SMILES string of the molecule is CC(CNC(=O)c1cccc(-c2nc3cc(-c4ccccc4)ccc3n2C[C@]2(C)CCC[C@]3(C)c4ccc(C(C)C)cc4CC[C@@H]23)c1)C(=O)O. The molecule has 5 aromatic rings. The molecular weight excluding hydrogens is 619 g/mol. The predicted octanol–water partition coefficient (Wildman–Crippen LogP) is 9.65. The summed E-state index contributed by atoms with van der Waals surface area (Å²) in [5.74, 6) is 0.00220. The van der Waals surface area contributed by atoms with E-state index in [0.717, 1.165) is 52.9 Å². The second kappa shape index (κ2) is 13.2. The minimum absolute atomic E-state index is 0.0316. The molecule has 0 spiro atoms. The first-order valence-corrected chi connectivity index (χ1v) is 18.3. The fraction of sp³-hybridized carbons (Fsp3) is 0.386. The molecule has 0 radical (unpaired) electrons. The van der Waals surface area contributed by atoms with Gasteiger partial charge in [-0.3, -0.25) is 9.59 Å². The topological polar surface area (TPSA) is 84.2 Å². The summed E-state index contributed by atoms with van der Waals surface area (Å²) in [6.45, 7) is 12.1. The Balaban J connectivity index is 1.29. The number of nitrogens with zero attached hydrogens (tertiary/aromatic N) is 2. The zero-order chi connectivity index (χ0) is 35.2. The van der Waals surface area contributed by atoms with Crippen molar-refractivity contribution in [1.82, 2.24) is 14.9 Å². The molecule has 2 aliphatic rings. The van der Waals surface area contributed by atoms with Gasteiger partial charge < -0.3 is 15.0 Å². The molecule has 4 atom stereocenters. The molecule has 6 heteroatoms. The highest BCUT2D eigenvalue weighted by Crippen LogP contribution is 2.58. The third kappa shape index (κ3) is 6.14. The van der Waals surface area contributed by atoms with Gasteiger partial charge in [0, 0.05) is 24.2 Å². The van der Waals surface area contributed by atoms with Crippen LogP contribution in [0.5, 0.6) is 0 Å². The van der Waals surface area contributed by atoms with Gasteiger partial charge in [0.1, 0.15) is 5.82 Å². The molecule has 2 aliphatic carbocycles. The molecule has 1 aromatic heterocycles. The van der Waals surface area contributed by atoms with Gasteiger partial charge in [0.05, 0.1) is 17.0 Å². The molecule has 2 N–H and O–H groups in total. The minimum atomic E-state index is -0.934. The fourth-order valence-electron chi connectivity index (χ4n) is 9.11. The van der Waals surface area contributed by atoms with E-state index in [1.165, 1.54) is 30.4 Å². The zero-order valence-electron chi connectivity index (χ0n) is 30.0. The van der Waals surface area contributed by atoms with E-state index in [-0.39, 0.29) is 23.3 Å². The summed E-state index contributed by atoms with van der Waals surface area (Å²) in [4.78, 5) is 29.9. The number of rotatable bonds is 9. The zero-order valence-corrected chi connectivity index (χ0v) is 30.0. The lowest BCUT2D eigenvalue weighted by Gasteiger charge is -2.56. The van der Waals surface area contributed by atoms with Gasteiger partial charge in [-0.05, 0) is 100 Å². The number of aryl methyl sites for hydroxylation is 1. The molecule has 6 nitrogen and oxygen atoms in total. The molecule has 1 amide bonds. The van der Waals surface area contributed by atoms with Crippen LogP contribution in [-0.2, 0) is 23.2 Å². The lowest BCUT2D eigenvalue weighted by Crippen LogP contribution is -2.50. The number of carbonyl (C=O) groups is 2. The number of carboxylic acid groups (broad SMARTS) is 1. The highest BCUT2D eigenvalue weighted by atomic mass is 16.4. The maximum absolute atomic E-state index is 13.2. The van der Waals surface area contributed by atoms with Crippen LogP contribution in [0.2, 0.25) is 0 Å². The summed E-state index contributed by atoms with van der Waals surface area (Å²) in [6, 6.07) is 31.9. The van der Waals surface area contributed by atoms with E-state index in [0.29, 0.717) is 17.4 Å². The summed E-state index contributed by atoms with van der Waals surface area (Å²) >= 11 is 0. The Bertz CT molecular complexity index is 2060. The van der Waals surface area contributed by atoms with Gasteiger partial charge >= 0.3 is 5.97 Å². The standard InChI is InChI=1S/C44H49N3O3/c1-28(2)31-15-18-36-33(23-31)17-20-39-43(4,21-10-22-44(36,39)5)27-47-38-19-16-32(30-11-7-6-8-12-30)25-37(38)46-40(47)34-13-9-14-35(24-34)41(48)45-26-29(3)42(49)50/h6-9,11-16,18-19,23-25,28-29,39H,10,17,20-22,26-27H2,1-5H3,(H,45,48)(H,49,50)/t29?,39-,43-,44+/m0/s1. The number of hydrogen-bond acceptors (Lipinski definition) is 3. The number of carboxylic acids is 1. The fourth-order valence-corrected chi connectivity index (χ4v) is 9.11. The second-order valence-electron chi connectivity index (χ2n) is 15.7. The van der Waals surface area contributed by atoms with Gasteiger partial charge in [0.15, 0.2) is 0 Å². The first-order valence-electron chi connectivity index (χ1n) is 18.3. The molecule has 258 valence electrons. The van der Waals surface area contributed by atoms with Crippen LogP contribution in [0.1, 0.15) is 93.3 Å². The van der Waals surface area contributed by atoms with Crippen molar-refractivity contribution in [2.75, 3.05) is 6.54 Å². The van der Waals surface area contributed by atoms with Crippen LogP contribution in [-0.4, -0.2) is 33.1 Å². The van der Waals surface area contributed by atoms with Crippen LogP contribution in [0.15, 0.2) is 91.0 Å². The Kier molecular flexibility index (Phi) is 8.92. The first-order chi connectivity index (χ1) is 24.0. The number of aromatic nitrogens is 2. The highest BCUT2D eigenvalue weighted by Gasteiger charge is 2.52. The number of benzene rings is 4. The maximum atomic E-state index is 13.2. The molecule has 50 heavy (non-hydrogen) atoms. The Morgan fingerprint density at radius 1 is 0.900 bits per heavy atom. The van der Waals surface area contributed by atoms with Crippen molar-refractivity contribution in [1.29, 1.82) is 0 Å². The van der Waals surface area contributed by atoms with Gasteiger partial charge in [-0.25, -0.2) is 4.98 Å². The number of aliphatic carboxylic acids is 1. The van der Waals surface area contributed by atoms with Crippen LogP contribution in [0.4, 0.5) is 0 Å². The number of carbonyl (C=O) groups excluding carboxylic acids is 1. The molecule has 1 fully saturated rings. The summed E-state index contributed by atoms with van der Waals surface area (Å²) in [6.07, 6.45) is 5.82. The largest absolute Gasteiger partial charge is 0.481 e. The van der Waals surface area contributed by atoms with E-state index in [2.05, 4.69) is 98.2 Å². The van der Waals surface area contributed by atoms with Crippen LogP contribution < -0.4 is 5.32 Å². The van der Waals surface area contributed by atoms with E-state index in [4.69, 9.17) is 4.98 Å². The van der Waals surface area contributed by atoms with Crippen molar-refractivity contribution in [3.05, 3.63) is 113 Å². The molecule has 7 rings (SSSR count). The summed E-state index contributed by atoms with van der Waals surface area (Å²) in [5, 5.41) is 12.1. The van der Waals surface area contributed by atoms with Crippen molar-refractivity contribution >= 4 is 22.9 Å². The van der Waals surface area contributed by atoms with Crippen molar-refractivity contribution in [3.8, 4) is 22.5 Å². The molecule has 1 heterocycles. The number of hydrogen-bond donors (Lipinski definition) is 2. The molecule has 0 bridgehead atoms. The summed E-state index contributed by atoms with van der Waals surface area (Å²) in [7, 11) is 0. The van der Waals surface area contributed by atoms with Crippen molar-refractivity contribution in [2.45, 2.75) is 84.6 Å². The number of nitrogens with one attached hydrogen (secondary N) is 1. The van der Waals surface area contributed by atoms with Gasteiger partial charge in [-0.1, -0.05) is 108 Å². The maximum Gasteiger partial charge on any atom is 0.308 e. The number of imidazole rings is 1. The monoisotopic (exact) mass is 667 g/mol. The van der Waals surface area contributed by atoms with Crippen molar-refractivity contribution in [3.63, 3.8) is 0 Å². The normalized spacial score (nSPS) is 22.2. The van der Waals surface area contributed by atoms with Crippen molar-refractivity contribution < 1.29 is 14.7 Å². The van der Waals surface area contributed by atoms with E-state index < -0.39 is 11.9 Å². The molecular formula is C44H49N3O3. The average Bonchev–Trinajstić information content (AvgIpc) is 3.47. The first kappa shape index (κ1) is 33.8. The minimum Gasteiger partial charge on any atom is -0.481 e. The van der Waals surface area contributed by atoms with Gasteiger partial charge in [0.25, 0.3) is 5.91 Å². The third-order valence-electron chi connectivity index (χ3n) is 11.9. The van der Waals surface area contributed by atoms with E-state index in [9.17, 15) is 14.7 Å². The van der Waals surface area contributed by atoms with Crippen molar-refractivity contribution in [2.24, 2.45) is 17.3 Å². The highest BCUT2D eigenvalue weighted by molar-refractivity contribution is 5.96. The molecule has 1 unspecified atom stereocenters. The molecule has 4 aromatic carbocycles. The van der Waals surface area contributed by atoms with E-state index in [1.807, 2.05) is 24.3 Å².